The molecule has 45 heavy (non-hydrogen) atoms. The van der Waals surface area contributed by atoms with Gasteiger partial charge in [-0.25, -0.2) is 22.6 Å². The smallest absolute Gasteiger partial charge is 0.281 e. The number of rotatable bonds is 11. The van der Waals surface area contributed by atoms with Crippen LogP contribution in [0.15, 0.2) is 59.7 Å². The molecular formula is C31H30F4N4O5S. The summed E-state index contributed by atoms with van der Waals surface area (Å²) in [7, 11) is 1.37. The number of benzene rings is 3. The Labute approximate surface area is 261 Å². The third-order valence-corrected chi connectivity index (χ3v) is 8.30. The molecule has 238 valence electrons. The summed E-state index contributed by atoms with van der Waals surface area (Å²) in [6.45, 7) is 4.10. The van der Waals surface area contributed by atoms with E-state index >= 15 is 0 Å². The maximum atomic E-state index is 14.7. The molecule has 1 atom stereocenters. The summed E-state index contributed by atoms with van der Waals surface area (Å²) in [5.74, 6) is -5.65. The molecule has 1 N–H and O–H groups in total. The van der Waals surface area contributed by atoms with E-state index in [0.717, 1.165) is 42.8 Å². The number of nitrogens with one attached hydrogen (secondary N) is 1. The van der Waals surface area contributed by atoms with Gasteiger partial charge in [0.1, 0.15) is 39.2 Å². The van der Waals surface area contributed by atoms with Gasteiger partial charge in [-0.1, -0.05) is 23.9 Å². The van der Waals surface area contributed by atoms with Crippen molar-refractivity contribution < 1.29 is 41.4 Å². The molecule has 0 aromatic heterocycles. The van der Waals surface area contributed by atoms with Gasteiger partial charge < -0.3 is 19.5 Å². The molecule has 0 aliphatic carbocycles. The van der Waals surface area contributed by atoms with Crippen molar-refractivity contribution in [3.8, 4) is 11.5 Å². The minimum absolute atomic E-state index is 0.156. The van der Waals surface area contributed by atoms with Crippen molar-refractivity contribution in [3.05, 3.63) is 94.6 Å². The number of carbonyl (C=O) groups is 2. The predicted octanol–water partition coefficient (Wildman–Crippen LogP) is 4.72. The van der Waals surface area contributed by atoms with Gasteiger partial charge in [0.2, 0.25) is 0 Å². The van der Waals surface area contributed by atoms with Crippen molar-refractivity contribution in [2.45, 2.75) is 11.8 Å². The lowest BCUT2D eigenvalue weighted by Gasteiger charge is -2.26. The fourth-order valence-corrected chi connectivity index (χ4v) is 6.04. The number of hydrogen-bond acceptors (Lipinski definition) is 8. The largest absolute Gasteiger partial charge is 0.492 e. The van der Waals surface area contributed by atoms with E-state index < -0.39 is 40.1 Å². The van der Waals surface area contributed by atoms with Crippen molar-refractivity contribution in [1.29, 1.82) is 0 Å². The monoisotopic (exact) mass is 646 g/mol. The molecule has 3 aromatic rings. The molecule has 2 aliphatic heterocycles. The first-order valence-corrected chi connectivity index (χ1v) is 15.0. The van der Waals surface area contributed by atoms with Gasteiger partial charge in [0, 0.05) is 42.9 Å². The third kappa shape index (κ3) is 7.75. The molecule has 0 saturated carbocycles. The fourth-order valence-electron chi connectivity index (χ4n) is 4.86. The molecule has 2 amide bonds. The Kier molecular flexibility index (Phi) is 10.6. The Morgan fingerprint density at radius 1 is 1.02 bits per heavy atom. The third-order valence-electron chi connectivity index (χ3n) is 7.08. The van der Waals surface area contributed by atoms with E-state index in [1.807, 2.05) is 0 Å². The summed E-state index contributed by atoms with van der Waals surface area (Å²) in [6.07, 6.45) is 0.763. The molecule has 0 bridgehead atoms. The number of hydrazone groups is 1. The highest BCUT2D eigenvalue weighted by atomic mass is 32.2. The van der Waals surface area contributed by atoms with E-state index in [1.54, 1.807) is 18.2 Å². The average Bonchev–Trinajstić information content (AvgIpc) is 3.47. The Hall–Kier alpha value is -4.14. The number of amides is 2. The summed E-state index contributed by atoms with van der Waals surface area (Å²) in [5, 5.41) is 7.21. The van der Waals surface area contributed by atoms with Gasteiger partial charge in [0.25, 0.3) is 11.8 Å². The molecular weight excluding hydrogens is 616 g/mol. The van der Waals surface area contributed by atoms with Crippen LogP contribution >= 0.6 is 11.8 Å². The summed E-state index contributed by atoms with van der Waals surface area (Å²) in [5.41, 5.74) is -0.218. The van der Waals surface area contributed by atoms with E-state index in [9.17, 15) is 27.2 Å². The van der Waals surface area contributed by atoms with Gasteiger partial charge in [-0.3, -0.25) is 14.5 Å². The number of thioether (sulfide) groups is 1. The van der Waals surface area contributed by atoms with Crippen LogP contribution in [0.4, 0.5) is 17.6 Å². The van der Waals surface area contributed by atoms with Crippen molar-refractivity contribution in [1.82, 2.24) is 15.2 Å². The van der Waals surface area contributed by atoms with Crippen molar-refractivity contribution >= 4 is 28.6 Å². The maximum Gasteiger partial charge on any atom is 0.281 e. The van der Waals surface area contributed by atoms with Crippen LogP contribution in [0.5, 0.6) is 11.5 Å². The Bertz CT molecular complexity index is 1550. The minimum atomic E-state index is -1.40. The quantitative estimate of drug-likeness (QED) is 0.238. The van der Waals surface area contributed by atoms with Gasteiger partial charge in [-0.2, -0.15) is 5.10 Å². The number of nitrogens with zero attached hydrogens (tertiary/aromatic N) is 3. The van der Waals surface area contributed by atoms with Crippen LogP contribution in [-0.4, -0.2) is 79.9 Å². The number of carbonyl (C=O) groups excluding carboxylic acids is 2. The zero-order valence-corrected chi connectivity index (χ0v) is 25.0. The number of morpholine rings is 1. The standard InChI is InChI=1S/C31H30F4N4O5S/c1-42-28-22(4-2-5-25(28)44-18-26(40)36-10-3-11-38-12-14-43-15-13-38)31-39(30(41)27-23(34)16-21(33)17-24(27)35)37-29(45-31)19-6-8-20(32)9-7-19/h2,4-9,16-17,31H,3,10-15,18H2,1H3,(H,36,40). The van der Waals surface area contributed by atoms with Crippen molar-refractivity contribution in [2.75, 3.05) is 53.1 Å². The van der Waals surface area contributed by atoms with Crippen LogP contribution in [0.1, 0.15) is 33.3 Å². The second kappa shape index (κ2) is 14.8. The van der Waals surface area contributed by atoms with Crippen LogP contribution in [-0.2, 0) is 9.53 Å². The Balaban J connectivity index is 1.35. The average molecular weight is 647 g/mol. The Morgan fingerprint density at radius 2 is 1.73 bits per heavy atom. The molecule has 1 saturated heterocycles. The van der Waals surface area contributed by atoms with E-state index in [0.29, 0.717) is 43.0 Å². The molecule has 2 heterocycles. The first-order valence-electron chi connectivity index (χ1n) is 14.1. The van der Waals surface area contributed by atoms with Crippen LogP contribution < -0.4 is 14.8 Å². The molecule has 14 heteroatoms. The minimum Gasteiger partial charge on any atom is -0.492 e. The summed E-state index contributed by atoms with van der Waals surface area (Å²) >= 11 is 1.04. The van der Waals surface area contributed by atoms with Crippen LogP contribution in [0, 0.1) is 23.3 Å². The van der Waals surface area contributed by atoms with E-state index in [4.69, 9.17) is 14.2 Å². The number of halogens is 4. The highest BCUT2D eigenvalue weighted by molar-refractivity contribution is 8.14. The summed E-state index contributed by atoms with van der Waals surface area (Å²) in [6, 6.07) is 10.9. The summed E-state index contributed by atoms with van der Waals surface area (Å²) in [4.78, 5) is 28.3. The molecule has 0 spiro atoms. The van der Waals surface area contributed by atoms with Gasteiger partial charge in [0.05, 0.1) is 20.3 Å². The highest BCUT2D eigenvalue weighted by Crippen LogP contribution is 2.47. The molecule has 5 rings (SSSR count). The Morgan fingerprint density at radius 3 is 2.42 bits per heavy atom. The van der Waals surface area contributed by atoms with E-state index in [1.165, 1.54) is 31.4 Å². The normalized spacial score (nSPS) is 16.8. The molecule has 1 fully saturated rings. The molecule has 1 unspecified atom stereocenters. The molecule has 0 radical (unpaired) electrons. The topological polar surface area (TPSA) is 92.7 Å². The van der Waals surface area contributed by atoms with Gasteiger partial charge in [-0.05, 0) is 43.3 Å². The van der Waals surface area contributed by atoms with Crippen molar-refractivity contribution in [2.24, 2.45) is 5.10 Å². The first-order chi connectivity index (χ1) is 21.7. The van der Waals surface area contributed by atoms with Crippen molar-refractivity contribution in [3.63, 3.8) is 0 Å². The number of methoxy groups -OCH3 is 1. The number of hydrogen-bond donors (Lipinski definition) is 1. The number of para-hydroxylation sites is 1. The number of ether oxygens (including phenoxy) is 3. The second-order valence-electron chi connectivity index (χ2n) is 10.1. The second-order valence-corrected chi connectivity index (χ2v) is 11.2. The lowest BCUT2D eigenvalue weighted by Crippen LogP contribution is -2.38. The van der Waals surface area contributed by atoms with Gasteiger partial charge in [-0.15, -0.1) is 0 Å². The van der Waals surface area contributed by atoms with Crippen LogP contribution in [0.3, 0.4) is 0 Å². The summed E-state index contributed by atoms with van der Waals surface area (Å²) < 4.78 is 73.3. The van der Waals surface area contributed by atoms with Crippen LogP contribution in [0.2, 0.25) is 0 Å². The zero-order valence-electron chi connectivity index (χ0n) is 24.2. The fraction of sp³-hybridized carbons (Fsp3) is 0.323. The van der Waals surface area contributed by atoms with Gasteiger partial charge >= 0.3 is 0 Å². The van der Waals surface area contributed by atoms with Gasteiger partial charge in [0.15, 0.2) is 18.1 Å². The molecule has 2 aliphatic rings. The maximum absolute atomic E-state index is 14.7. The van der Waals surface area contributed by atoms with E-state index in [2.05, 4.69) is 15.3 Å². The lowest BCUT2D eigenvalue weighted by atomic mass is 10.1. The molecule has 3 aromatic carbocycles. The van der Waals surface area contributed by atoms with E-state index in [-0.39, 0.29) is 29.1 Å². The first kappa shape index (κ1) is 32.3. The lowest BCUT2D eigenvalue weighted by molar-refractivity contribution is -0.123. The molecule has 9 nitrogen and oxygen atoms in total. The highest BCUT2D eigenvalue weighted by Gasteiger charge is 2.39. The van der Waals surface area contributed by atoms with Crippen LogP contribution in [0.25, 0.3) is 0 Å². The SMILES string of the molecule is COc1c(OCC(=O)NCCCN2CCOCC2)cccc1C1SC(c2ccc(F)cc2)=NN1C(=O)c1c(F)cc(F)cc1F. The predicted molar refractivity (Wildman–Crippen MR) is 159 cm³/mol. The zero-order chi connectivity index (χ0) is 31.9.